The first-order valence-electron chi connectivity index (χ1n) is 4.76. The summed E-state index contributed by atoms with van der Waals surface area (Å²) in [4.78, 5) is 22.1. The normalized spacial score (nSPS) is 22.8. The molecule has 0 amide bonds. The number of ether oxygens (including phenoxy) is 2. The van der Waals surface area contributed by atoms with Gasteiger partial charge in [-0.2, -0.15) is 0 Å². The number of methoxy groups -OCH3 is 2. The topological polar surface area (TPSA) is 64.6 Å². The maximum absolute atomic E-state index is 11.1. The SMILES string of the molecule is COC(=O)/C=C1/CCNC1CC(=O)OC. The van der Waals surface area contributed by atoms with Crippen molar-refractivity contribution < 1.29 is 19.1 Å². The molecule has 0 aromatic heterocycles. The molecule has 15 heavy (non-hydrogen) atoms. The van der Waals surface area contributed by atoms with E-state index >= 15 is 0 Å². The van der Waals surface area contributed by atoms with Crippen LogP contribution >= 0.6 is 0 Å². The zero-order valence-corrected chi connectivity index (χ0v) is 8.91. The lowest BCUT2D eigenvalue weighted by Gasteiger charge is -2.10. The fraction of sp³-hybridized carbons (Fsp3) is 0.600. The van der Waals surface area contributed by atoms with Crippen LogP contribution in [0.15, 0.2) is 11.6 Å². The molecule has 84 valence electrons. The Balaban J connectivity index is 2.60. The molecule has 1 fully saturated rings. The monoisotopic (exact) mass is 213 g/mol. The van der Waals surface area contributed by atoms with E-state index in [1.807, 2.05) is 0 Å². The molecule has 1 rings (SSSR count). The number of esters is 2. The first-order chi connectivity index (χ1) is 7.17. The highest BCUT2D eigenvalue weighted by Gasteiger charge is 2.24. The van der Waals surface area contributed by atoms with Crippen LogP contribution in [0.4, 0.5) is 0 Å². The Hall–Kier alpha value is -1.36. The highest BCUT2D eigenvalue weighted by molar-refractivity contribution is 5.83. The van der Waals surface area contributed by atoms with Crippen LogP contribution in [0.5, 0.6) is 0 Å². The fourth-order valence-electron chi connectivity index (χ4n) is 1.53. The van der Waals surface area contributed by atoms with Gasteiger partial charge in [-0.1, -0.05) is 0 Å². The van der Waals surface area contributed by atoms with E-state index in [1.54, 1.807) is 0 Å². The number of rotatable bonds is 3. The number of carbonyl (C=O) groups excluding carboxylic acids is 2. The summed E-state index contributed by atoms with van der Waals surface area (Å²) in [5.74, 6) is -0.672. The van der Waals surface area contributed by atoms with Crippen molar-refractivity contribution in [3.63, 3.8) is 0 Å². The molecule has 0 bridgehead atoms. The van der Waals surface area contributed by atoms with Crippen molar-refractivity contribution in [2.45, 2.75) is 18.9 Å². The van der Waals surface area contributed by atoms with E-state index in [0.29, 0.717) is 0 Å². The van der Waals surface area contributed by atoms with Crippen LogP contribution in [0.3, 0.4) is 0 Å². The molecule has 1 saturated heterocycles. The van der Waals surface area contributed by atoms with Crippen molar-refractivity contribution in [2.75, 3.05) is 20.8 Å². The first-order valence-corrected chi connectivity index (χ1v) is 4.76. The molecule has 1 aliphatic rings. The molecule has 0 aromatic carbocycles. The van der Waals surface area contributed by atoms with Gasteiger partial charge in [0.1, 0.15) is 0 Å². The average molecular weight is 213 g/mol. The molecule has 0 radical (unpaired) electrons. The summed E-state index contributed by atoms with van der Waals surface area (Å²) in [7, 11) is 2.68. The van der Waals surface area contributed by atoms with Gasteiger partial charge in [0.2, 0.25) is 0 Å². The summed E-state index contributed by atoms with van der Waals surface area (Å²) in [6.07, 6.45) is 2.45. The highest BCUT2D eigenvalue weighted by atomic mass is 16.5. The van der Waals surface area contributed by atoms with E-state index in [0.717, 1.165) is 18.5 Å². The lowest BCUT2D eigenvalue weighted by Crippen LogP contribution is -2.26. The van der Waals surface area contributed by atoms with Crippen LogP contribution in [0.1, 0.15) is 12.8 Å². The lowest BCUT2D eigenvalue weighted by atomic mass is 10.1. The molecule has 0 saturated carbocycles. The first kappa shape index (κ1) is 11.7. The minimum Gasteiger partial charge on any atom is -0.469 e. The summed E-state index contributed by atoms with van der Waals surface area (Å²) in [5, 5.41) is 3.12. The third kappa shape index (κ3) is 3.36. The van der Waals surface area contributed by atoms with Crippen LogP contribution in [0, 0.1) is 0 Å². The Morgan fingerprint density at radius 1 is 1.47 bits per heavy atom. The van der Waals surface area contributed by atoms with Gasteiger partial charge in [-0.25, -0.2) is 4.79 Å². The van der Waals surface area contributed by atoms with E-state index < -0.39 is 0 Å². The number of hydrogen-bond acceptors (Lipinski definition) is 5. The number of carbonyl (C=O) groups is 2. The smallest absolute Gasteiger partial charge is 0.330 e. The summed E-state index contributed by atoms with van der Waals surface area (Å²) in [5.41, 5.74) is 0.896. The summed E-state index contributed by atoms with van der Waals surface area (Å²) in [6.45, 7) is 0.768. The largest absolute Gasteiger partial charge is 0.469 e. The second-order valence-corrected chi connectivity index (χ2v) is 3.28. The molecule has 1 unspecified atom stereocenters. The van der Waals surface area contributed by atoms with E-state index in [9.17, 15) is 9.59 Å². The van der Waals surface area contributed by atoms with Crippen LogP contribution in [0.2, 0.25) is 0 Å². The molecule has 1 atom stereocenters. The van der Waals surface area contributed by atoms with Gasteiger partial charge in [0, 0.05) is 12.1 Å². The van der Waals surface area contributed by atoms with Crippen molar-refractivity contribution in [2.24, 2.45) is 0 Å². The molecule has 1 N–H and O–H groups in total. The average Bonchev–Trinajstić information content (AvgIpc) is 2.65. The Labute approximate surface area is 88.4 Å². The third-order valence-corrected chi connectivity index (χ3v) is 2.35. The molecule has 1 heterocycles. The Morgan fingerprint density at radius 2 is 2.20 bits per heavy atom. The van der Waals surface area contributed by atoms with E-state index in [-0.39, 0.29) is 24.4 Å². The van der Waals surface area contributed by atoms with Gasteiger partial charge >= 0.3 is 11.9 Å². The third-order valence-electron chi connectivity index (χ3n) is 2.35. The molecular formula is C10H15NO4. The zero-order valence-electron chi connectivity index (χ0n) is 8.91. The van der Waals surface area contributed by atoms with Crippen LogP contribution in [-0.4, -0.2) is 38.7 Å². The van der Waals surface area contributed by atoms with Gasteiger partial charge in [0.05, 0.1) is 20.6 Å². The minimum absolute atomic E-state index is 0.100. The number of nitrogens with one attached hydrogen (secondary N) is 1. The molecule has 0 spiro atoms. The van der Waals surface area contributed by atoms with Gasteiger partial charge in [0.25, 0.3) is 0 Å². The minimum atomic E-state index is -0.386. The molecule has 0 aliphatic carbocycles. The fourth-order valence-corrected chi connectivity index (χ4v) is 1.53. The molecule has 0 aromatic rings. The van der Waals surface area contributed by atoms with E-state index in [1.165, 1.54) is 20.3 Å². The Kier molecular flexibility index (Phi) is 4.30. The predicted octanol–water partition coefficient (Wildman–Crippen LogP) is 0.0108. The predicted molar refractivity (Wildman–Crippen MR) is 53.1 cm³/mol. The second-order valence-electron chi connectivity index (χ2n) is 3.28. The highest BCUT2D eigenvalue weighted by Crippen LogP contribution is 2.17. The standard InChI is InChI=1S/C10H15NO4/c1-14-9(12)5-7-3-4-11-8(7)6-10(13)15-2/h5,8,11H,3-4,6H2,1-2H3/b7-5-. The summed E-state index contributed by atoms with van der Waals surface area (Å²) in [6, 6.07) is -0.100. The summed E-state index contributed by atoms with van der Waals surface area (Å²) >= 11 is 0. The van der Waals surface area contributed by atoms with E-state index in [4.69, 9.17) is 0 Å². The van der Waals surface area contributed by atoms with Gasteiger partial charge in [-0.3, -0.25) is 4.79 Å². The molecule has 1 aliphatic heterocycles. The van der Waals surface area contributed by atoms with Crippen LogP contribution in [0.25, 0.3) is 0 Å². The van der Waals surface area contributed by atoms with Crippen molar-refractivity contribution in [3.8, 4) is 0 Å². The number of hydrogen-bond donors (Lipinski definition) is 1. The maximum atomic E-state index is 11.1. The Bertz CT molecular complexity index is 285. The van der Waals surface area contributed by atoms with Gasteiger partial charge in [0.15, 0.2) is 0 Å². The van der Waals surface area contributed by atoms with Gasteiger partial charge in [-0.05, 0) is 18.5 Å². The molecule has 5 nitrogen and oxygen atoms in total. The van der Waals surface area contributed by atoms with Crippen molar-refractivity contribution in [1.29, 1.82) is 0 Å². The van der Waals surface area contributed by atoms with Crippen molar-refractivity contribution >= 4 is 11.9 Å². The van der Waals surface area contributed by atoms with Crippen LogP contribution in [-0.2, 0) is 19.1 Å². The van der Waals surface area contributed by atoms with Crippen molar-refractivity contribution in [3.05, 3.63) is 11.6 Å². The van der Waals surface area contributed by atoms with E-state index in [2.05, 4.69) is 14.8 Å². The molecular weight excluding hydrogens is 198 g/mol. The maximum Gasteiger partial charge on any atom is 0.330 e. The quantitative estimate of drug-likeness (QED) is 0.528. The summed E-state index contributed by atoms with van der Waals surface area (Å²) < 4.78 is 9.10. The van der Waals surface area contributed by atoms with Gasteiger partial charge in [-0.15, -0.1) is 0 Å². The lowest BCUT2D eigenvalue weighted by molar-refractivity contribution is -0.141. The Morgan fingerprint density at radius 3 is 2.80 bits per heavy atom. The van der Waals surface area contributed by atoms with Gasteiger partial charge < -0.3 is 14.8 Å². The van der Waals surface area contributed by atoms with Crippen molar-refractivity contribution in [1.82, 2.24) is 5.32 Å². The zero-order chi connectivity index (χ0) is 11.3. The van der Waals surface area contributed by atoms with Crippen LogP contribution < -0.4 is 5.32 Å². The molecule has 5 heteroatoms. The second kappa shape index (κ2) is 5.50.